The lowest BCUT2D eigenvalue weighted by atomic mass is 10.1. The third-order valence-corrected chi connectivity index (χ3v) is 5.06. The van der Waals surface area contributed by atoms with E-state index in [0.29, 0.717) is 0 Å². The molecule has 0 atom stereocenters. The summed E-state index contributed by atoms with van der Waals surface area (Å²) < 4.78 is 0. The third-order valence-electron chi connectivity index (χ3n) is 5.06. The van der Waals surface area contributed by atoms with Gasteiger partial charge in [0.1, 0.15) is 0 Å². The fourth-order valence-corrected chi connectivity index (χ4v) is 3.54. The van der Waals surface area contributed by atoms with Crippen LogP contribution in [-0.4, -0.2) is 50.1 Å². The Morgan fingerprint density at radius 1 is 1.00 bits per heavy atom. The van der Waals surface area contributed by atoms with Crippen molar-refractivity contribution in [2.45, 2.75) is 20.3 Å². The number of anilines is 1. The predicted molar refractivity (Wildman–Crippen MR) is 108 cm³/mol. The topological polar surface area (TPSA) is 35.6 Å². The van der Waals surface area contributed by atoms with Crippen LogP contribution in [0.3, 0.4) is 0 Å². The molecule has 1 aliphatic rings. The Morgan fingerprint density at radius 2 is 1.73 bits per heavy atom. The predicted octanol–water partition coefficient (Wildman–Crippen LogP) is 3.25. The van der Waals surface area contributed by atoms with Gasteiger partial charge in [0.15, 0.2) is 0 Å². The largest absolute Gasteiger partial charge is 0.369 e. The van der Waals surface area contributed by atoms with Crippen LogP contribution in [0.4, 0.5) is 5.69 Å². The van der Waals surface area contributed by atoms with E-state index in [1.807, 2.05) is 26.0 Å². The van der Waals surface area contributed by atoms with Gasteiger partial charge in [-0.3, -0.25) is 9.69 Å². The maximum absolute atomic E-state index is 12.3. The number of nitrogens with zero attached hydrogens (tertiary/aromatic N) is 2. The van der Waals surface area contributed by atoms with Crippen LogP contribution in [0.15, 0.2) is 48.5 Å². The second kappa shape index (κ2) is 8.86. The maximum Gasteiger partial charge on any atom is 0.251 e. The standard InChI is InChI=1S/C22H29N3O/c1-18-9-10-21(19(2)17-18)22(26)23-11-6-12-24-13-15-25(16-14-24)20-7-4-3-5-8-20/h3-5,7-10,17H,6,11-16H2,1-2H3,(H,23,26). The van der Waals surface area contributed by atoms with Crippen LogP contribution >= 0.6 is 0 Å². The maximum atomic E-state index is 12.3. The molecule has 2 aromatic rings. The minimum absolute atomic E-state index is 0.0383. The summed E-state index contributed by atoms with van der Waals surface area (Å²) in [6.07, 6.45) is 0.988. The van der Waals surface area contributed by atoms with Crippen molar-refractivity contribution in [2.24, 2.45) is 0 Å². The van der Waals surface area contributed by atoms with E-state index in [-0.39, 0.29) is 5.91 Å². The van der Waals surface area contributed by atoms with Crippen molar-refractivity contribution in [1.82, 2.24) is 10.2 Å². The number of nitrogens with one attached hydrogen (secondary N) is 1. The lowest BCUT2D eigenvalue weighted by molar-refractivity contribution is 0.0951. The van der Waals surface area contributed by atoms with Gasteiger partial charge in [0, 0.05) is 44.0 Å². The Hall–Kier alpha value is -2.33. The number of amides is 1. The van der Waals surface area contributed by atoms with Gasteiger partial charge < -0.3 is 10.2 Å². The summed E-state index contributed by atoms with van der Waals surface area (Å²) in [7, 11) is 0. The SMILES string of the molecule is Cc1ccc(C(=O)NCCCN2CCN(c3ccccc3)CC2)c(C)c1. The average molecular weight is 351 g/mol. The Kier molecular flexibility index (Phi) is 6.29. The van der Waals surface area contributed by atoms with Crippen molar-refractivity contribution >= 4 is 11.6 Å². The Balaban J connectivity index is 1.36. The first-order valence-corrected chi connectivity index (χ1v) is 9.51. The number of aryl methyl sites for hydroxylation is 2. The van der Waals surface area contributed by atoms with Crippen LogP contribution in [0.25, 0.3) is 0 Å². The zero-order valence-corrected chi connectivity index (χ0v) is 15.9. The summed E-state index contributed by atoms with van der Waals surface area (Å²) in [6, 6.07) is 16.6. The highest BCUT2D eigenvalue weighted by Gasteiger charge is 2.16. The van der Waals surface area contributed by atoms with Crippen molar-refractivity contribution in [2.75, 3.05) is 44.2 Å². The van der Waals surface area contributed by atoms with E-state index in [1.54, 1.807) is 0 Å². The lowest BCUT2D eigenvalue weighted by Gasteiger charge is -2.36. The number of piperazine rings is 1. The van der Waals surface area contributed by atoms with Crippen molar-refractivity contribution in [3.63, 3.8) is 0 Å². The Morgan fingerprint density at radius 3 is 2.42 bits per heavy atom. The van der Waals surface area contributed by atoms with Crippen molar-refractivity contribution < 1.29 is 4.79 Å². The van der Waals surface area contributed by atoms with Crippen molar-refractivity contribution in [3.05, 3.63) is 65.2 Å². The second-order valence-corrected chi connectivity index (χ2v) is 7.09. The van der Waals surface area contributed by atoms with Gasteiger partial charge in [-0.05, 0) is 50.6 Å². The molecule has 26 heavy (non-hydrogen) atoms. The van der Waals surface area contributed by atoms with Crippen LogP contribution in [0.1, 0.15) is 27.9 Å². The van der Waals surface area contributed by atoms with Gasteiger partial charge in [0.05, 0.1) is 0 Å². The normalized spacial score (nSPS) is 15.1. The summed E-state index contributed by atoms with van der Waals surface area (Å²) in [6.45, 7) is 10.1. The molecule has 0 aliphatic carbocycles. The van der Waals surface area contributed by atoms with Gasteiger partial charge in [-0.1, -0.05) is 35.9 Å². The Bertz CT molecular complexity index is 721. The summed E-state index contributed by atoms with van der Waals surface area (Å²) in [4.78, 5) is 17.2. The molecule has 1 fully saturated rings. The molecular weight excluding hydrogens is 322 g/mol. The van der Waals surface area contributed by atoms with E-state index in [1.165, 1.54) is 11.3 Å². The highest BCUT2D eigenvalue weighted by molar-refractivity contribution is 5.95. The molecule has 1 heterocycles. The smallest absolute Gasteiger partial charge is 0.251 e. The molecule has 1 saturated heterocycles. The highest BCUT2D eigenvalue weighted by Crippen LogP contribution is 2.15. The molecule has 4 nitrogen and oxygen atoms in total. The molecule has 0 unspecified atom stereocenters. The van der Waals surface area contributed by atoms with E-state index in [9.17, 15) is 4.79 Å². The number of rotatable bonds is 6. The summed E-state index contributed by atoms with van der Waals surface area (Å²) in [5, 5.41) is 3.06. The van der Waals surface area contributed by atoms with E-state index in [0.717, 1.165) is 56.8 Å². The zero-order valence-electron chi connectivity index (χ0n) is 15.9. The molecule has 0 bridgehead atoms. The van der Waals surface area contributed by atoms with Crippen LogP contribution in [-0.2, 0) is 0 Å². The summed E-state index contributed by atoms with van der Waals surface area (Å²) in [5.41, 5.74) is 4.33. The first kappa shape index (κ1) is 18.5. The van der Waals surface area contributed by atoms with E-state index < -0.39 is 0 Å². The molecule has 1 N–H and O–H groups in total. The fraction of sp³-hybridized carbons (Fsp3) is 0.409. The fourth-order valence-electron chi connectivity index (χ4n) is 3.54. The summed E-state index contributed by atoms with van der Waals surface area (Å²) >= 11 is 0. The van der Waals surface area contributed by atoms with Gasteiger partial charge in [0.25, 0.3) is 5.91 Å². The number of hydrogen-bond donors (Lipinski definition) is 1. The molecule has 1 amide bonds. The number of hydrogen-bond acceptors (Lipinski definition) is 3. The molecule has 0 spiro atoms. The first-order valence-electron chi connectivity index (χ1n) is 9.51. The van der Waals surface area contributed by atoms with Gasteiger partial charge in [0.2, 0.25) is 0 Å². The number of benzene rings is 2. The number of para-hydroxylation sites is 1. The number of carbonyl (C=O) groups is 1. The molecule has 3 rings (SSSR count). The highest BCUT2D eigenvalue weighted by atomic mass is 16.1. The molecule has 4 heteroatoms. The van der Waals surface area contributed by atoms with Gasteiger partial charge in [-0.25, -0.2) is 0 Å². The van der Waals surface area contributed by atoms with Crippen LogP contribution in [0.5, 0.6) is 0 Å². The molecule has 0 radical (unpaired) electrons. The van der Waals surface area contributed by atoms with Crippen LogP contribution < -0.4 is 10.2 Å². The van der Waals surface area contributed by atoms with E-state index in [2.05, 4.69) is 51.5 Å². The quantitative estimate of drug-likeness (QED) is 0.812. The van der Waals surface area contributed by atoms with Gasteiger partial charge >= 0.3 is 0 Å². The van der Waals surface area contributed by atoms with Crippen LogP contribution in [0, 0.1) is 13.8 Å². The molecule has 2 aromatic carbocycles. The van der Waals surface area contributed by atoms with Crippen molar-refractivity contribution in [1.29, 1.82) is 0 Å². The monoisotopic (exact) mass is 351 g/mol. The van der Waals surface area contributed by atoms with E-state index in [4.69, 9.17) is 0 Å². The van der Waals surface area contributed by atoms with Gasteiger partial charge in [-0.15, -0.1) is 0 Å². The second-order valence-electron chi connectivity index (χ2n) is 7.09. The Labute approximate surface area is 156 Å². The lowest BCUT2D eigenvalue weighted by Crippen LogP contribution is -2.47. The van der Waals surface area contributed by atoms with Gasteiger partial charge in [-0.2, -0.15) is 0 Å². The zero-order chi connectivity index (χ0) is 18.4. The minimum Gasteiger partial charge on any atom is -0.369 e. The minimum atomic E-state index is 0.0383. The molecule has 1 aliphatic heterocycles. The summed E-state index contributed by atoms with van der Waals surface area (Å²) in [5.74, 6) is 0.0383. The molecule has 0 aromatic heterocycles. The molecule has 0 saturated carbocycles. The van der Waals surface area contributed by atoms with E-state index >= 15 is 0 Å². The average Bonchev–Trinajstić information content (AvgIpc) is 2.66. The van der Waals surface area contributed by atoms with Crippen molar-refractivity contribution in [3.8, 4) is 0 Å². The third kappa shape index (κ3) is 4.85. The van der Waals surface area contributed by atoms with Crippen LogP contribution in [0.2, 0.25) is 0 Å². The number of carbonyl (C=O) groups excluding carboxylic acids is 1. The first-order chi connectivity index (χ1) is 12.6. The molecular formula is C22H29N3O. The molecule has 138 valence electrons.